The summed E-state index contributed by atoms with van der Waals surface area (Å²) in [6.07, 6.45) is 6.17. The number of likely N-dealkylation sites (tertiary alicyclic amines) is 1. The van der Waals surface area contributed by atoms with Crippen molar-refractivity contribution in [3.63, 3.8) is 0 Å². The molecule has 3 heterocycles. The van der Waals surface area contributed by atoms with Crippen molar-refractivity contribution in [2.75, 3.05) is 32.5 Å². The highest BCUT2D eigenvalue weighted by molar-refractivity contribution is 7.99. The fourth-order valence-electron chi connectivity index (χ4n) is 4.98. The molecular formula is C27H32FN3O3S. The van der Waals surface area contributed by atoms with Crippen LogP contribution in [-0.4, -0.2) is 58.4 Å². The van der Waals surface area contributed by atoms with Gasteiger partial charge in [-0.05, 0) is 79.6 Å². The largest absolute Gasteiger partial charge is 0.497 e. The number of aromatic nitrogens is 2. The number of rotatable bonds is 11. The van der Waals surface area contributed by atoms with Gasteiger partial charge in [-0.15, -0.1) is 11.8 Å². The Kier molecular flexibility index (Phi) is 8.93. The van der Waals surface area contributed by atoms with Gasteiger partial charge in [-0.2, -0.15) is 0 Å². The van der Waals surface area contributed by atoms with Crippen molar-refractivity contribution in [2.24, 2.45) is 11.8 Å². The Labute approximate surface area is 209 Å². The van der Waals surface area contributed by atoms with Crippen LogP contribution in [0.3, 0.4) is 0 Å². The highest BCUT2D eigenvalue weighted by Gasteiger charge is 2.31. The van der Waals surface area contributed by atoms with Gasteiger partial charge in [0.1, 0.15) is 11.9 Å². The maximum absolute atomic E-state index is 15.4. The van der Waals surface area contributed by atoms with E-state index in [1.54, 1.807) is 43.5 Å². The summed E-state index contributed by atoms with van der Waals surface area (Å²) in [5.74, 6) is 1.08. The second-order valence-corrected chi connectivity index (χ2v) is 10.2. The first-order valence-electron chi connectivity index (χ1n) is 12.1. The van der Waals surface area contributed by atoms with Crippen molar-refractivity contribution < 1.29 is 19.0 Å². The molecule has 1 aliphatic heterocycles. The van der Waals surface area contributed by atoms with Crippen molar-refractivity contribution in [3.8, 4) is 5.75 Å². The van der Waals surface area contributed by atoms with E-state index in [9.17, 15) is 9.90 Å². The zero-order chi connectivity index (χ0) is 24.6. The van der Waals surface area contributed by atoms with Crippen molar-refractivity contribution >= 4 is 28.6 Å². The number of thioether (sulfide) groups is 1. The quantitative estimate of drug-likeness (QED) is 0.344. The molecule has 3 aromatic rings. The van der Waals surface area contributed by atoms with E-state index in [0.717, 1.165) is 42.7 Å². The molecule has 8 heteroatoms. The summed E-state index contributed by atoms with van der Waals surface area (Å²) in [5.41, 5.74) is 1.36. The minimum atomic E-state index is -1.13. The van der Waals surface area contributed by atoms with Gasteiger partial charge in [0, 0.05) is 54.1 Å². The number of carboxylic acids is 1. The van der Waals surface area contributed by atoms with E-state index in [4.69, 9.17) is 4.74 Å². The Morgan fingerprint density at radius 2 is 2.06 bits per heavy atom. The van der Waals surface area contributed by atoms with Crippen molar-refractivity contribution in [3.05, 3.63) is 60.6 Å². The van der Waals surface area contributed by atoms with Crippen molar-refractivity contribution in [2.45, 2.75) is 36.8 Å². The number of fused-ring (bicyclic) bond motifs is 1. The number of hydrogen-bond donors (Lipinski definition) is 1. The van der Waals surface area contributed by atoms with Gasteiger partial charge in [-0.25, -0.2) is 4.39 Å². The number of hydrogen-bond acceptors (Lipinski definition) is 6. The number of benzene rings is 1. The molecule has 1 unspecified atom stereocenters. The third-order valence-electron chi connectivity index (χ3n) is 6.85. The van der Waals surface area contributed by atoms with Crippen LogP contribution in [0.15, 0.2) is 59.9 Å². The summed E-state index contributed by atoms with van der Waals surface area (Å²) in [6.45, 7) is 2.58. The zero-order valence-electron chi connectivity index (χ0n) is 20.0. The summed E-state index contributed by atoms with van der Waals surface area (Å²) in [6, 6.07) is 11.2. The number of pyridine rings is 2. The molecule has 0 spiro atoms. The predicted molar refractivity (Wildman–Crippen MR) is 137 cm³/mol. The van der Waals surface area contributed by atoms with E-state index < -0.39 is 12.1 Å². The predicted octanol–water partition coefficient (Wildman–Crippen LogP) is 5.63. The van der Waals surface area contributed by atoms with Crippen molar-refractivity contribution in [1.29, 1.82) is 0 Å². The normalized spacial score (nSPS) is 19.5. The van der Waals surface area contributed by atoms with Crippen molar-refractivity contribution in [1.82, 2.24) is 14.9 Å². The molecule has 2 aromatic heterocycles. The van der Waals surface area contributed by atoms with Gasteiger partial charge in [0.05, 0.1) is 12.6 Å². The average Bonchev–Trinajstić information content (AvgIpc) is 2.87. The first-order chi connectivity index (χ1) is 17.0. The second-order valence-electron chi connectivity index (χ2n) is 9.07. The van der Waals surface area contributed by atoms with E-state index in [1.807, 2.05) is 30.3 Å². The molecule has 3 atom stereocenters. The monoisotopic (exact) mass is 497 g/mol. The summed E-state index contributed by atoms with van der Waals surface area (Å²) >= 11 is 1.78. The van der Waals surface area contributed by atoms with Crippen LogP contribution in [0.1, 0.15) is 37.4 Å². The molecule has 0 aliphatic carbocycles. The molecule has 0 amide bonds. The standard InChI is InChI=1S/C27H32FN3O3S/c1-34-21-3-5-26-24(17-21)23(8-12-30-26)25(28)4-2-19-9-13-31(18-20(19)16-27(32)33)14-15-35-22-6-10-29-11-7-22/h3,5-8,10-12,17,19-20,25H,2,4,9,13-16,18H2,1H3,(H,32,33)/t19-,20+,25?/m1/s1. The van der Waals surface area contributed by atoms with Gasteiger partial charge in [0.15, 0.2) is 0 Å². The first-order valence-corrected chi connectivity index (χ1v) is 13.1. The summed E-state index contributed by atoms with van der Waals surface area (Å²) in [4.78, 5) is 23.5. The fraction of sp³-hybridized carbons (Fsp3) is 0.444. The topological polar surface area (TPSA) is 75.5 Å². The van der Waals surface area contributed by atoms with Gasteiger partial charge in [-0.1, -0.05) is 0 Å². The number of piperidine rings is 1. The van der Waals surface area contributed by atoms with Gasteiger partial charge in [0.2, 0.25) is 0 Å². The first kappa shape index (κ1) is 25.4. The molecule has 1 N–H and O–H groups in total. The van der Waals surface area contributed by atoms with E-state index in [1.165, 1.54) is 4.90 Å². The molecule has 35 heavy (non-hydrogen) atoms. The number of halogens is 1. The molecule has 1 saturated heterocycles. The third-order valence-corrected chi connectivity index (χ3v) is 7.84. The minimum absolute atomic E-state index is 0.0358. The second kappa shape index (κ2) is 12.3. The number of carboxylic acid groups (broad SMARTS) is 1. The van der Waals surface area contributed by atoms with Crippen LogP contribution in [-0.2, 0) is 4.79 Å². The lowest BCUT2D eigenvalue weighted by atomic mass is 9.79. The number of carbonyl (C=O) groups is 1. The zero-order valence-corrected chi connectivity index (χ0v) is 20.8. The van der Waals surface area contributed by atoms with E-state index >= 15 is 4.39 Å². The highest BCUT2D eigenvalue weighted by Crippen LogP contribution is 2.36. The Bertz CT molecular complexity index is 1120. The highest BCUT2D eigenvalue weighted by atomic mass is 32.2. The molecule has 1 aromatic carbocycles. The Hall–Kier alpha value is -2.71. The minimum Gasteiger partial charge on any atom is -0.497 e. The van der Waals surface area contributed by atoms with E-state index in [0.29, 0.717) is 24.2 Å². The molecular weight excluding hydrogens is 465 g/mol. The lowest BCUT2D eigenvalue weighted by Gasteiger charge is -2.38. The van der Waals surface area contributed by atoms with Crippen LogP contribution >= 0.6 is 11.8 Å². The number of nitrogens with zero attached hydrogens (tertiary/aromatic N) is 3. The van der Waals surface area contributed by atoms with Crippen LogP contribution in [0.25, 0.3) is 10.9 Å². The summed E-state index contributed by atoms with van der Waals surface area (Å²) < 4.78 is 20.8. The maximum atomic E-state index is 15.4. The van der Waals surface area contributed by atoms with Gasteiger partial charge in [-0.3, -0.25) is 14.8 Å². The van der Waals surface area contributed by atoms with Crippen LogP contribution < -0.4 is 4.74 Å². The number of methoxy groups -OCH3 is 1. The lowest BCUT2D eigenvalue weighted by molar-refractivity contribution is -0.139. The molecule has 0 saturated carbocycles. The SMILES string of the molecule is COc1ccc2nccc(C(F)CC[C@@H]3CCN(CCSc4ccncc4)C[C@@H]3CC(=O)O)c2c1. The van der Waals surface area contributed by atoms with Gasteiger partial charge in [0.25, 0.3) is 0 Å². The summed E-state index contributed by atoms with van der Waals surface area (Å²) in [7, 11) is 1.59. The van der Waals surface area contributed by atoms with E-state index in [-0.39, 0.29) is 18.3 Å². The van der Waals surface area contributed by atoms with Gasteiger partial charge < -0.3 is 14.7 Å². The maximum Gasteiger partial charge on any atom is 0.303 e. The molecule has 186 valence electrons. The van der Waals surface area contributed by atoms with Gasteiger partial charge >= 0.3 is 5.97 Å². The molecule has 0 radical (unpaired) electrons. The Morgan fingerprint density at radius 1 is 1.23 bits per heavy atom. The lowest BCUT2D eigenvalue weighted by Crippen LogP contribution is -2.42. The molecule has 6 nitrogen and oxygen atoms in total. The summed E-state index contributed by atoms with van der Waals surface area (Å²) in [5, 5.41) is 10.3. The number of ether oxygens (including phenoxy) is 1. The third kappa shape index (κ3) is 6.92. The van der Waals surface area contributed by atoms with Crippen LogP contribution in [0.2, 0.25) is 0 Å². The molecule has 4 rings (SSSR count). The number of aliphatic carboxylic acids is 1. The smallest absolute Gasteiger partial charge is 0.303 e. The Balaban J connectivity index is 1.35. The Morgan fingerprint density at radius 3 is 2.83 bits per heavy atom. The molecule has 1 aliphatic rings. The average molecular weight is 498 g/mol. The molecule has 1 fully saturated rings. The van der Waals surface area contributed by atoms with Crippen LogP contribution in [0.5, 0.6) is 5.75 Å². The van der Waals surface area contributed by atoms with E-state index in [2.05, 4.69) is 14.9 Å². The van der Waals surface area contributed by atoms with Crippen LogP contribution in [0, 0.1) is 11.8 Å². The molecule has 0 bridgehead atoms. The number of alkyl halides is 1. The van der Waals surface area contributed by atoms with Crippen LogP contribution in [0.4, 0.5) is 4.39 Å². The fourth-order valence-corrected chi connectivity index (χ4v) is 5.88.